The molecule has 4 N–H and O–H groups in total. The Morgan fingerprint density at radius 2 is 1.36 bits per heavy atom. The first-order valence-electron chi connectivity index (χ1n) is 8.22. The Balaban J connectivity index is 2.27. The van der Waals surface area contributed by atoms with Crippen LogP contribution in [0.15, 0.2) is 77.9 Å². The lowest BCUT2D eigenvalue weighted by molar-refractivity contribution is -0.106. The minimum absolute atomic E-state index is 0.0367. The van der Waals surface area contributed by atoms with E-state index in [1.165, 1.54) is 54.6 Å². The highest BCUT2D eigenvalue weighted by Gasteiger charge is 2.52. The van der Waals surface area contributed by atoms with Gasteiger partial charge in [-0.1, -0.05) is 48.5 Å². The van der Waals surface area contributed by atoms with Crippen molar-refractivity contribution in [3.8, 4) is 0 Å². The second-order valence-electron chi connectivity index (χ2n) is 6.55. The largest absolute Gasteiger partial charge is 0.414 e. The van der Waals surface area contributed by atoms with Crippen LogP contribution in [0.5, 0.6) is 0 Å². The van der Waals surface area contributed by atoms with Gasteiger partial charge >= 0.3 is 12.4 Å². The molecule has 2 atom stereocenters. The van der Waals surface area contributed by atoms with Crippen LogP contribution in [0.25, 0.3) is 0 Å². The zero-order valence-electron chi connectivity index (χ0n) is 14.4. The van der Waals surface area contributed by atoms with E-state index < -0.39 is 35.0 Å². The van der Waals surface area contributed by atoms with Crippen molar-refractivity contribution in [2.45, 2.75) is 23.8 Å². The number of allylic oxidation sites excluding steroid dienone is 2. The van der Waals surface area contributed by atoms with Gasteiger partial charge in [0, 0.05) is 17.2 Å². The van der Waals surface area contributed by atoms with Gasteiger partial charge in [-0.2, -0.15) is 26.3 Å². The van der Waals surface area contributed by atoms with Gasteiger partial charge in [0.2, 0.25) is 0 Å². The third kappa shape index (κ3) is 3.64. The van der Waals surface area contributed by atoms with Crippen LogP contribution in [-0.2, 0) is 5.54 Å². The molecule has 1 aliphatic carbocycles. The monoisotopic (exact) mass is 398 g/mol. The molecule has 0 saturated heterocycles. The number of nitrogens with two attached hydrogens (primary N) is 2. The summed E-state index contributed by atoms with van der Waals surface area (Å²) in [5.41, 5.74) is 6.89. The van der Waals surface area contributed by atoms with Gasteiger partial charge in [-0.3, -0.25) is 0 Å². The minimum Gasteiger partial charge on any atom is -0.399 e. The third-order valence-electron chi connectivity index (χ3n) is 4.68. The van der Waals surface area contributed by atoms with Gasteiger partial charge < -0.3 is 11.5 Å². The fourth-order valence-electron chi connectivity index (χ4n) is 3.33. The predicted molar refractivity (Wildman–Crippen MR) is 94.2 cm³/mol. The fourth-order valence-corrected chi connectivity index (χ4v) is 3.33. The molecule has 1 aliphatic rings. The SMILES string of the molecule is Nc1ccc(C2C=C(C(F)(F)F)C(N)(c3ccccc3)C=C2C(F)(F)F)cc1. The first kappa shape index (κ1) is 20.0. The van der Waals surface area contributed by atoms with E-state index in [1.807, 2.05) is 0 Å². The molecule has 2 unspecified atom stereocenters. The van der Waals surface area contributed by atoms with Crippen LogP contribution < -0.4 is 11.5 Å². The third-order valence-corrected chi connectivity index (χ3v) is 4.68. The molecule has 8 heteroatoms. The van der Waals surface area contributed by atoms with Crippen molar-refractivity contribution in [3.63, 3.8) is 0 Å². The Bertz CT molecular complexity index is 910. The average molecular weight is 398 g/mol. The standard InChI is InChI=1S/C20H16F6N2/c21-19(22,23)16-11-18(28,13-4-2-1-3-5-13)17(20(24,25)26)10-15(16)12-6-8-14(27)9-7-12/h1-11,15H,27-28H2. The Morgan fingerprint density at radius 1 is 0.786 bits per heavy atom. The summed E-state index contributed by atoms with van der Waals surface area (Å²) in [5.74, 6) is -1.65. The number of benzene rings is 2. The number of hydrogen-bond donors (Lipinski definition) is 2. The van der Waals surface area contributed by atoms with Gasteiger partial charge in [0.25, 0.3) is 0 Å². The fraction of sp³-hybridized carbons (Fsp3) is 0.200. The van der Waals surface area contributed by atoms with Crippen molar-refractivity contribution in [3.05, 3.63) is 89.0 Å². The van der Waals surface area contributed by atoms with Gasteiger partial charge in [0.15, 0.2) is 0 Å². The lowest BCUT2D eigenvalue weighted by Gasteiger charge is -2.38. The second-order valence-corrected chi connectivity index (χ2v) is 6.55. The van der Waals surface area contributed by atoms with Crippen LogP contribution in [0.2, 0.25) is 0 Å². The van der Waals surface area contributed by atoms with Gasteiger partial charge in [-0.15, -0.1) is 0 Å². The van der Waals surface area contributed by atoms with Crippen LogP contribution >= 0.6 is 0 Å². The van der Waals surface area contributed by atoms with Crippen LogP contribution in [0.1, 0.15) is 17.0 Å². The molecule has 0 spiro atoms. The van der Waals surface area contributed by atoms with Crippen molar-refractivity contribution in [2.75, 3.05) is 5.73 Å². The number of hydrogen-bond acceptors (Lipinski definition) is 2. The van der Waals surface area contributed by atoms with Gasteiger partial charge in [-0.25, -0.2) is 0 Å². The first-order valence-corrected chi connectivity index (χ1v) is 8.22. The van der Waals surface area contributed by atoms with Crippen molar-refractivity contribution in [1.82, 2.24) is 0 Å². The summed E-state index contributed by atoms with van der Waals surface area (Å²) in [4.78, 5) is 0. The maximum absolute atomic E-state index is 13.8. The lowest BCUT2D eigenvalue weighted by atomic mass is 9.72. The van der Waals surface area contributed by atoms with Gasteiger partial charge in [0.05, 0.1) is 11.1 Å². The van der Waals surface area contributed by atoms with Crippen LogP contribution in [-0.4, -0.2) is 12.4 Å². The highest BCUT2D eigenvalue weighted by Crippen LogP contribution is 2.50. The maximum atomic E-state index is 13.8. The highest BCUT2D eigenvalue weighted by molar-refractivity contribution is 5.54. The molecule has 0 bridgehead atoms. The zero-order valence-corrected chi connectivity index (χ0v) is 14.4. The number of halogens is 6. The number of nitrogen functional groups attached to an aromatic ring is 1. The van der Waals surface area contributed by atoms with Crippen molar-refractivity contribution >= 4 is 5.69 Å². The van der Waals surface area contributed by atoms with E-state index in [2.05, 4.69) is 0 Å². The predicted octanol–water partition coefficient (Wildman–Crippen LogP) is 5.20. The molecule has 0 radical (unpaired) electrons. The van der Waals surface area contributed by atoms with E-state index in [0.717, 1.165) is 0 Å². The average Bonchev–Trinajstić information content (AvgIpc) is 2.61. The summed E-state index contributed by atoms with van der Waals surface area (Å²) >= 11 is 0. The summed E-state index contributed by atoms with van der Waals surface area (Å²) in [5, 5.41) is 0. The summed E-state index contributed by atoms with van der Waals surface area (Å²) < 4.78 is 82.8. The molecule has 0 aromatic heterocycles. The lowest BCUT2D eigenvalue weighted by Crippen LogP contribution is -2.46. The molecule has 148 valence electrons. The van der Waals surface area contributed by atoms with E-state index >= 15 is 0 Å². The topological polar surface area (TPSA) is 52.0 Å². The summed E-state index contributed by atoms with van der Waals surface area (Å²) in [6.07, 6.45) is -8.77. The van der Waals surface area contributed by atoms with Crippen LogP contribution in [0.3, 0.4) is 0 Å². The number of anilines is 1. The Hall–Kier alpha value is -2.74. The Labute approximate surface area is 157 Å². The summed E-state index contributed by atoms with van der Waals surface area (Å²) in [6.45, 7) is 0. The molecule has 2 aromatic carbocycles. The van der Waals surface area contributed by atoms with Crippen molar-refractivity contribution < 1.29 is 26.3 Å². The molecule has 3 rings (SSSR count). The van der Waals surface area contributed by atoms with Gasteiger partial charge in [-0.05, 0) is 29.3 Å². The smallest absolute Gasteiger partial charge is 0.399 e. The Morgan fingerprint density at radius 3 is 1.86 bits per heavy atom. The molecule has 0 saturated carbocycles. The number of rotatable bonds is 2. The van der Waals surface area contributed by atoms with E-state index in [-0.39, 0.29) is 16.8 Å². The second kappa shape index (κ2) is 6.70. The van der Waals surface area contributed by atoms with E-state index in [4.69, 9.17) is 11.5 Å². The van der Waals surface area contributed by atoms with Crippen LogP contribution in [0, 0.1) is 0 Å². The molecular weight excluding hydrogens is 382 g/mol. The van der Waals surface area contributed by atoms with Crippen molar-refractivity contribution in [2.24, 2.45) is 5.73 Å². The first-order chi connectivity index (χ1) is 12.9. The number of alkyl halides is 6. The molecule has 2 aromatic rings. The Kier molecular flexibility index (Phi) is 4.79. The molecular formula is C20H16F6N2. The molecule has 0 heterocycles. The normalized spacial score (nSPS) is 23.2. The van der Waals surface area contributed by atoms with E-state index in [0.29, 0.717) is 12.2 Å². The van der Waals surface area contributed by atoms with Crippen LogP contribution in [0.4, 0.5) is 32.0 Å². The van der Waals surface area contributed by atoms with E-state index in [1.54, 1.807) is 0 Å². The van der Waals surface area contributed by atoms with E-state index in [9.17, 15) is 26.3 Å². The molecule has 28 heavy (non-hydrogen) atoms. The quantitative estimate of drug-likeness (QED) is 0.415. The molecule has 0 amide bonds. The van der Waals surface area contributed by atoms with Gasteiger partial charge in [0.1, 0.15) is 0 Å². The van der Waals surface area contributed by atoms with Crippen molar-refractivity contribution in [1.29, 1.82) is 0 Å². The summed E-state index contributed by atoms with van der Waals surface area (Å²) in [6, 6.07) is 12.2. The molecule has 0 fully saturated rings. The maximum Gasteiger partial charge on any atom is 0.414 e. The highest BCUT2D eigenvalue weighted by atomic mass is 19.4. The zero-order chi connectivity index (χ0) is 20.7. The molecule has 2 nitrogen and oxygen atoms in total. The summed E-state index contributed by atoms with van der Waals surface area (Å²) in [7, 11) is 0. The molecule has 0 aliphatic heterocycles. The minimum atomic E-state index is -4.93.